The van der Waals surface area contributed by atoms with Gasteiger partial charge in [-0.2, -0.15) is 0 Å². The van der Waals surface area contributed by atoms with Gasteiger partial charge in [-0.15, -0.1) is 0 Å². The van der Waals surface area contributed by atoms with E-state index in [1.165, 1.54) is 0 Å². The Morgan fingerprint density at radius 1 is 1.50 bits per heavy atom. The van der Waals surface area contributed by atoms with Crippen LogP contribution in [0, 0.1) is 0 Å². The third-order valence-electron chi connectivity index (χ3n) is 2.01. The Balaban J connectivity index is 2.81. The van der Waals surface area contributed by atoms with Crippen LogP contribution in [0.1, 0.15) is 12.8 Å². The molecule has 1 aliphatic heterocycles. The molecule has 1 saturated heterocycles. The molecule has 5 nitrogen and oxygen atoms in total. The number of nitrogens with zero attached hydrogens (tertiary/aromatic N) is 1. The van der Waals surface area contributed by atoms with E-state index in [9.17, 15) is 14.4 Å². The van der Waals surface area contributed by atoms with Gasteiger partial charge in [-0.1, -0.05) is 0 Å². The summed E-state index contributed by atoms with van der Waals surface area (Å²) >= 11 is 0.131. The predicted octanol–water partition coefficient (Wildman–Crippen LogP) is -0.241. The average Bonchev–Trinajstić information content (AvgIpc) is 2.43. The van der Waals surface area contributed by atoms with Gasteiger partial charge in [0, 0.05) is 0 Å². The van der Waals surface area contributed by atoms with Gasteiger partial charge < -0.3 is 0 Å². The summed E-state index contributed by atoms with van der Waals surface area (Å²) < 4.78 is 0. The normalized spacial score (nSPS) is 18.8. The maximum absolute atomic E-state index is 11.3. The molecule has 0 bridgehead atoms. The van der Waals surface area contributed by atoms with Crippen molar-refractivity contribution in [1.29, 1.82) is 0 Å². The van der Waals surface area contributed by atoms with Gasteiger partial charge in [-0.05, 0) is 0 Å². The number of carboxylic acid groups (broad SMARTS) is 1. The van der Waals surface area contributed by atoms with E-state index in [2.05, 4.69) is 0 Å². The minimum absolute atomic E-state index is 0.131. The first-order valence-corrected chi connectivity index (χ1v) is 7.07. The van der Waals surface area contributed by atoms with E-state index in [0.29, 0.717) is 5.32 Å². The molecule has 1 aliphatic rings. The Hall–Kier alpha value is -0.871. The number of imide groups is 1. The molecule has 1 rings (SSSR count). The first-order chi connectivity index (χ1) is 6.57. The molecule has 1 N–H and O–H groups in total. The number of amides is 2. The Kier molecular flexibility index (Phi) is 3.66. The summed E-state index contributed by atoms with van der Waals surface area (Å²) in [4.78, 5) is 34.2. The quantitative estimate of drug-likeness (QED) is 0.561. The summed E-state index contributed by atoms with van der Waals surface area (Å²) in [5.41, 5.74) is 0. The number of hydrogen-bond donors (Lipinski definition) is 1. The average molecular weight is 264 g/mol. The first kappa shape index (κ1) is 11.2. The number of hydrogen-bond acceptors (Lipinski definition) is 3. The molecule has 1 atom stereocenters. The Labute approximate surface area is 87.6 Å². The maximum atomic E-state index is 11.3. The molecular formula is C8H11NO4Se. The predicted molar refractivity (Wildman–Crippen MR) is 48.9 cm³/mol. The van der Waals surface area contributed by atoms with Crippen molar-refractivity contribution in [2.45, 2.75) is 30.0 Å². The molecule has 0 aliphatic carbocycles. The van der Waals surface area contributed by atoms with Crippen LogP contribution in [-0.2, 0) is 14.4 Å². The minimum atomic E-state index is -1.09. The Bertz CT molecular complexity index is 263. The van der Waals surface area contributed by atoms with Crippen molar-refractivity contribution >= 4 is 32.7 Å². The second kappa shape index (κ2) is 4.57. The second-order valence-electron chi connectivity index (χ2n) is 2.97. The van der Waals surface area contributed by atoms with Crippen LogP contribution in [0.3, 0.4) is 0 Å². The van der Waals surface area contributed by atoms with Crippen LogP contribution in [0.15, 0.2) is 0 Å². The molecule has 2 amide bonds. The van der Waals surface area contributed by atoms with Crippen molar-refractivity contribution in [3.63, 3.8) is 0 Å². The van der Waals surface area contributed by atoms with Crippen LogP contribution in [0.4, 0.5) is 0 Å². The standard InChI is InChI=1S/C8H11NO4Se/c1-14-4-5(8(12)13)9-6(10)2-3-7(9)11/h5H,2-4H2,1H3,(H,12,13). The Morgan fingerprint density at radius 3 is 2.36 bits per heavy atom. The van der Waals surface area contributed by atoms with E-state index < -0.39 is 12.0 Å². The molecule has 0 aromatic heterocycles. The molecule has 1 heterocycles. The molecule has 1 unspecified atom stereocenters. The third-order valence-corrected chi connectivity index (χ3v) is 3.37. The number of carboxylic acids is 1. The van der Waals surface area contributed by atoms with Gasteiger partial charge in [-0.3, -0.25) is 0 Å². The van der Waals surface area contributed by atoms with Gasteiger partial charge in [0.05, 0.1) is 0 Å². The van der Waals surface area contributed by atoms with Gasteiger partial charge in [0.25, 0.3) is 0 Å². The second-order valence-corrected chi connectivity index (χ2v) is 4.88. The molecule has 0 aromatic carbocycles. The van der Waals surface area contributed by atoms with Crippen LogP contribution in [0.5, 0.6) is 0 Å². The van der Waals surface area contributed by atoms with Crippen LogP contribution in [-0.4, -0.2) is 48.8 Å². The summed E-state index contributed by atoms with van der Waals surface area (Å²) in [6.45, 7) is 0. The molecular weight excluding hydrogens is 253 g/mol. The Morgan fingerprint density at radius 2 is 2.00 bits per heavy atom. The van der Waals surface area contributed by atoms with Crippen molar-refractivity contribution in [3.05, 3.63) is 0 Å². The van der Waals surface area contributed by atoms with Crippen molar-refractivity contribution in [2.24, 2.45) is 0 Å². The molecule has 6 heteroatoms. The number of rotatable bonds is 4. The summed E-state index contributed by atoms with van der Waals surface area (Å²) in [5.74, 6) is 0.0872. The van der Waals surface area contributed by atoms with Crippen molar-refractivity contribution in [3.8, 4) is 0 Å². The molecule has 0 spiro atoms. The first-order valence-electron chi connectivity index (χ1n) is 4.14. The summed E-state index contributed by atoms with van der Waals surface area (Å²) in [5, 5.41) is 9.25. The van der Waals surface area contributed by atoms with E-state index in [1.807, 2.05) is 5.82 Å². The third kappa shape index (κ3) is 2.13. The topological polar surface area (TPSA) is 74.7 Å². The van der Waals surface area contributed by atoms with Gasteiger partial charge >= 0.3 is 87.2 Å². The van der Waals surface area contributed by atoms with Crippen LogP contribution >= 0.6 is 0 Å². The van der Waals surface area contributed by atoms with Crippen LogP contribution in [0.25, 0.3) is 0 Å². The zero-order valence-corrected chi connectivity index (χ0v) is 9.44. The van der Waals surface area contributed by atoms with Crippen molar-refractivity contribution < 1.29 is 19.5 Å². The summed E-state index contributed by atoms with van der Waals surface area (Å²) in [7, 11) is 0. The monoisotopic (exact) mass is 265 g/mol. The number of carbonyl (C=O) groups excluding carboxylic acids is 2. The van der Waals surface area contributed by atoms with E-state index in [0.717, 1.165) is 4.90 Å². The van der Waals surface area contributed by atoms with Crippen LogP contribution < -0.4 is 0 Å². The zero-order chi connectivity index (χ0) is 10.7. The van der Waals surface area contributed by atoms with Crippen molar-refractivity contribution in [1.82, 2.24) is 4.90 Å². The number of aliphatic carboxylic acids is 1. The summed E-state index contributed by atoms with van der Waals surface area (Å²) in [6, 6.07) is -0.942. The fourth-order valence-electron chi connectivity index (χ4n) is 1.36. The molecule has 78 valence electrons. The fourth-order valence-corrected chi connectivity index (χ4v) is 2.63. The van der Waals surface area contributed by atoms with Gasteiger partial charge in [0.1, 0.15) is 0 Å². The van der Waals surface area contributed by atoms with E-state index >= 15 is 0 Å². The van der Waals surface area contributed by atoms with Gasteiger partial charge in [0.15, 0.2) is 0 Å². The number of likely N-dealkylation sites (tertiary alicyclic amines) is 1. The van der Waals surface area contributed by atoms with Gasteiger partial charge in [-0.25, -0.2) is 0 Å². The number of carbonyl (C=O) groups is 3. The molecule has 0 saturated carbocycles. The van der Waals surface area contributed by atoms with E-state index in [-0.39, 0.29) is 39.6 Å². The molecule has 0 aromatic rings. The molecule has 0 radical (unpaired) electrons. The SMILES string of the molecule is C[Se]CC(C(=O)O)N1C(=O)CCC1=O. The van der Waals surface area contributed by atoms with Crippen molar-refractivity contribution in [2.75, 3.05) is 0 Å². The van der Waals surface area contributed by atoms with Crippen LogP contribution in [0.2, 0.25) is 11.1 Å². The summed E-state index contributed by atoms with van der Waals surface area (Å²) in [6.07, 6.45) is 0.304. The van der Waals surface area contributed by atoms with Gasteiger partial charge in [0.2, 0.25) is 0 Å². The zero-order valence-electron chi connectivity index (χ0n) is 7.73. The molecule has 14 heavy (non-hydrogen) atoms. The van der Waals surface area contributed by atoms with E-state index in [1.54, 1.807) is 0 Å². The fraction of sp³-hybridized carbons (Fsp3) is 0.625. The van der Waals surface area contributed by atoms with E-state index in [4.69, 9.17) is 5.11 Å². The molecule has 1 fully saturated rings.